The van der Waals surface area contributed by atoms with Gasteiger partial charge in [0.25, 0.3) is 0 Å². The van der Waals surface area contributed by atoms with Crippen LogP contribution in [0.2, 0.25) is 20.1 Å². The van der Waals surface area contributed by atoms with Gasteiger partial charge < -0.3 is 0 Å². The van der Waals surface area contributed by atoms with Crippen LogP contribution < -0.4 is 0 Å². The van der Waals surface area contributed by atoms with Crippen LogP contribution in [0.5, 0.6) is 0 Å². The third-order valence-corrected chi connectivity index (χ3v) is 3.90. The molecule has 22 heavy (non-hydrogen) atoms. The Balaban J connectivity index is 2.09. The number of hydrogen-bond donors (Lipinski definition) is 0. The van der Waals surface area contributed by atoms with Gasteiger partial charge in [0.05, 0.1) is 0 Å². The second-order valence-corrected chi connectivity index (χ2v) is 6.09. The van der Waals surface area contributed by atoms with Gasteiger partial charge in [-0.1, -0.05) is 58.5 Å². The van der Waals surface area contributed by atoms with Crippen LogP contribution >= 0.6 is 46.4 Å². The highest BCUT2D eigenvalue weighted by Crippen LogP contribution is 2.23. The number of carbonyl (C=O) groups excluding carboxylic acids is 1. The van der Waals surface area contributed by atoms with Crippen molar-refractivity contribution < 1.29 is 4.79 Å². The maximum atomic E-state index is 11.8. The maximum absolute atomic E-state index is 11.8. The van der Waals surface area contributed by atoms with Crippen molar-refractivity contribution in [2.24, 2.45) is 0 Å². The molecule has 2 aromatic rings. The first-order chi connectivity index (χ1) is 10.5. The number of rotatable bonds is 4. The van der Waals surface area contributed by atoms with E-state index in [9.17, 15) is 4.79 Å². The van der Waals surface area contributed by atoms with Gasteiger partial charge in [-0.2, -0.15) is 0 Å². The predicted octanol–water partition coefficient (Wildman–Crippen LogP) is 6.60. The first kappa shape index (κ1) is 17.1. The third-order valence-electron chi connectivity index (χ3n) is 2.78. The predicted molar refractivity (Wildman–Crippen MR) is 96.0 cm³/mol. The summed E-state index contributed by atoms with van der Waals surface area (Å²) in [5.74, 6) is -0.183. The van der Waals surface area contributed by atoms with Crippen molar-refractivity contribution in [3.8, 4) is 0 Å². The molecule has 2 aromatic carbocycles. The Morgan fingerprint density at radius 1 is 0.727 bits per heavy atom. The lowest BCUT2D eigenvalue weighted by atomic mass is 10.1. The zero-order chi connectivity index (χ0) is 16.1. The molecule has 0 saturated heterocycles. The van der Waals surface area contributed by atoms with E-state index in [1.807, 2.05) is 0 Å². The van der Waals surface area contributed by atoms with E-state index in [1.54, 1.807) is 48.6 Å². The monoisotopic (exact) mass is 370 g/mol. The van der Waals surface area contributed by atoms with Gasteiger partial charge in [-0.05, 0) is 59.7 Å². The van der Waals surface area contributed by atoms with Crippen molar-refractivity contribution in [1.82, 2.24) is 0 Å². The molecule has 0 aliphatic heterocycles. The Bertz CT molecular complexity index is 700. The van der Waals surface area contributed by atoms with Crippen LogP contribution in [0.25, 0.3) is 12.2 Å². The molecule has 0 radical (unpaired) electrons. The Hall–Kier alpha value is -1.25. The van der Waals surface area contributed by atoms with Gasteiger partial charge in [-0.3, -0.25) is 4.79 Å². The molecule has 0 heterocycles. The molecule has 2 rings (SSSR count). The second-order valence-electron chi connectivity index (χ2n) is 4.40. The van der Waals surface area contributed by atoms with E-state index >= 15 is 0 Å². The molecule has 0 N–H and O–H groups in total. The fraction of sp³-hybridized carbons (Fsp3) is 0. The number of halogens is 4. The molecule has 0 atom stereocenters. The summed E-state index contributed by atoms with van der Waals surface area (Å²) in [6, 6.07) is 10.2. The summed E-state index contributed by atoms with van der Waals surface area (Å²) in [6.45, 7) is 0. The van der Waals surface area contributed by atoms with Crippen molar-refractivity contribution in [3.05, 3.63) is 79.8 Å². The van der Waals surface area contributed by atoms with Gasteiger partial charge in [0.1, 0.15) is 0 Å². The zero-order valence-electron chi connectivity index (χ0n) is 11.2. The van der Waals surface area contributed by atoms with Gasteiger partial charge >= 0.3 is 0 Å². The lowest BCUT2D eigenvalue weighted by Crippen LogP contribution is -1.86. The van der Waals surface area contributed by atoms with Crippen LogP contribution in [0.1, 0.15) is 11.1 Å². The van der Waals surface area contributed by atoms with Crippen molar-refractivity contribution in [2.45, 2.75) is 0 Å². The topological polar surface area (TPSA) is 17.1 Å². The molecule has 0 bridgehead atoms. The number of ketones is 1. The molecule has 0 amide bonds. The standard InChI is InChI=1S/C17H10Cl4O/c18-13-5-1-11(16(20)9-13)3-7-15(22)8-4-12-2-6-14(19)10-17(12)21/h1-10H. The Labute approximate surface area is 148 Å². The van der Waals surface area contributed by atoms with E-state index < -0.39 is 0 Å². The Morgan fingerprint density at radius 3 is 1.50 bits per heavy atom. The van der Waals surface area contributed by atoms with Crippen LogP contribution in [0.4, 0.5) is 0 Å². The fourth-order valence-corrected chi connectivity index (χ4v) is 2.62. The Morgan fingerprint density at radius 2 is 1.14 bits per heavy atom. The molecular formula is C17H10Cl4O. The molecule has 112 valence electrons. The summed E-state index contributed by atoms with van der Waals surface area (Å²) in [7, 11) is 0. The van der Waals surface area contributed by atoms with E-state index in [1.165, 1.54) is 12.2 Å². The van der Waals surface area contributed by atoms with E-state index in [2.05, 4.69) is 0 Å². The van der Waals surface area contributed by atoms with Gasteiger partial charge in [-0.15, -0.1) is 0 Å². The molecule has 1 nitrogen and oxygen atoms in total. The summed E-state index contributed by atoms with van der Waals surface area (Å²) in [5.41, 5.74) is 1.44. The average Bonchev–Trinajstić information content (AvgIpc) is 2.45. The van der Waals surface area contributed by atoms with Gasteiger partial charge in [0, 0.05) is 20.1 Å². The Kier molecular flexibility index (Phi) is 6.10. The molecule has 0 aromatic heterocycles. The van der Waals surface area contributed by atoms with Gasteiger partial charge in [0.15, 0.2) is 5.78 Å². The number of benzene rings is 2. The highest BCUT2D eigenvalue weighted by molar-refractivity contribution is 6.36. The summed E-state index contributed by atoms with van der Waals surface area (Å²) in [4.78, 5) is 11.8. The number of allylic oxidation sites excluding steroid dienone is 2. The largest absolute Gasteiger partial charge is 0.290 e. The summed E-state index contributed by atoms with van der Waals surface area (Å²) < 4.78 is 0. The molecule has 5 heteroatoms. The molecule has 0 unspecified atom stereocenters. The zero-order valence-corrected chi connectivity index (χ0v) is 14.2. The molecular weight excluding hydrogens is 362 g/mol. The quantitative estimate of drug-likeness (QED) is 0.553. The minimum Gasteiger partial charge on any atom is -0.290 e. The van der Waals surface area contributed by atoms with Crippen molar-refractivity contribution in [3.63, 3.8) is 0 Å². The lowest BCUT2D eigenvalue weighted by Gasteiger charge is -1.98. The third kappa shape index (κ3) is 4.89. The second kappa shape index (κ2) is 7.85. The van der Waals surface area contributed by atoms with Crippen molar-refractivity contribution in [2.75, 3.05) is 0 Å². The smallest absolute Gasteiger partial charge is 0.178 e. The summed E-state index contributed by atoms with van der Waals surface area (Å²) in [5, 5.41) is 2.07. The van der Waals surface area contributed by atoms with Crippen LogP contribution in [0.15, 0.2) is 48.6 Å². The molecule has 0 aliphatic carbocycles. The highest BCUT2D eigenvalue weighted by atomic mass is 35.5. The lowest BCUT2D eigenvalue weighted by molar-refractivity contribution is -0.110. The SMILES string of the molecule is O=C(C=Cc1ccc(Cl)cc1Cl)C=Cc1ccc(Cl)cc1Cl. The van der Waals surface area contributed by atoms with Crippen molar-refractivity contribution in [1.29, 1.82) is 0 Å². The van der Waals surface area contributed by atoms with Crippen LogP contribution in [0, 0.1) is 0 Å². The average molecular weight is 372 g/mol. The maximum Gasteiger partial charge on any atom is 0.178 e. The van der Waals surface area contributed by atoms with E-state index in [0.717, 1.165) is 11.1 Å². The van der Waals surface area contributed by atoms with E-state index in [-0.39, 0.29) is 5.78 Å². The van der Waals surface area contributed by atoms with E-state index in [4.69, 9.17) is 46.4 Å². The van der Waals surface area contributed by atoms with Crippen molar-refractivity contribution >= 4 is 64.3 Å². The molecule has 0 spiro atoms. The first-order valence-electron chi connectivity index (χ1n) is 6.26. The minimum atomic E-state index is -0.183. The van der Waals surface area contributed by atoms with E-state index in [0.29, 0.717) is 20.1 Å². The van der Waals surface area contributed by atoms with Gasteiger partial charge in [-0.25, -0.2) is 0 Å². The molecule has 0 saturated carbocycles. The minimum absolute atomic E-state index is 0.183. The van der Waals surface area contributed by atoms with Crippen LogP contribution in [-0.2, 0) is 4.79 Å². The fourth-order valence-electron chi connectivity index (χ4n) is 1.67. The highest BCUT2D eigenvalue weighted by Gasteiger charge is 2.00. The first-order valence-corrected chi connectivity index (χ1v) is 7.77. The summed E-state index contributed by atoms with van der Waals surface area (Å²) >= 11 is 23.7. The molecule has 0 fully saturated rings. The molecule has 0 aliphatic rings. The normalized spacial score (nSPS) is 11.5. The number of hydrogen-bond acceptors (Lipinski definition) is 1. The summed E-state index contributed by atoms with van der Waals surface area (Å²) in [6.07, 6.45) is 6.12. The van der Waals surface area contributed by atoms with Gasteiger partial charge in [0.2, 0.25) is 0 Å². The van der Waals surface area contributed by atoms with Crippen LogP contribution in [0.3, 0.4) is 0 Å². The number of carbonyl (C=O) groups is 1. The van der Waals surface area contributed by atoms with Crippen LogP contribution in [-0.4, -0.2) is 5.78 Å².